The summed E-state index contributed by atoms with van der Waals surface area (Å²) in [6.07, 6.45) is 4.38. The van der Waals surface area contributed by atoms with E-state index in [9.17, 15) is 0 Å². The Morgan fingerprint density at radius 3 is 2.89 bits per heavy atom. The van der Waals surface area contributed by atoms with Gasteiger partial charge in [-0.3, -0.25) is 0 Å². The quantitative estimate of drug-likeness (QED) is 0.320. The van der Waals surface area contributed by atoms with E-state index in [4.69, 9.17) is 27.7 Å². The molecule has 3 aromatic heterocycles. The zero-order valence-electron chi connectivity index (χ0n) is 20.0. The molecule has 12 heteroatoms. The Morgan fingerprint density at radius 1 is 1.25 bits per heavy atom. The van der Waals surface area contributed by atoms with Gasteiger partial charge >= 0.3 is 0 Å². The zero-order valence-corrected chi connectivity index (χ0v) is 20.8. The molecule has 0 spiro atoms. The summed E-state index contributed by atoms with van der Waals surface area (Å²) in [4.78, 5) is 16.1. The molecule has 36 heavy (non-hydrogen) atoms. The molecule has 1 atom stereocenters. The molecule has 1 fully saturated rings. The number of rotatable bonds is 7. The molecule has 0 saturated carbocycles. The van der Waals surface area contributed by atoms with Gasteiger partial charge < -0.3 is 20.7 Å². The number of nitrogens with two attached hydrogens (primary N) is 1. The van der Waals surface area contributed by atoms with Crippen molar-refractivity contribution in [3.05, 3.63) is 53.0 Å². The topological polar surface area (TPSA) is 144 Å². The highest BCUT2D eigenvalue weighted by Gasteiger charge is 2.25. The van der Waals surface area contributed by atoms with Gasteiger partial charge in [-0.05, 0) is 55.1 Å². The largest absolute Gasteiger partial charge is 0.483 e. The van der Waals surface area contributed by atoms with Crippen LogP contribution in [0.1, 0.15) is 42.0 Å². The van der Waals surface area contributed by atoms with E-state index in [1.54, 1.807) is 6.08 Å². The average molecular weight is 503 g/mol. The molecule has 0 radical (unpaired) electrons. The van der Waals surface area contributed by atoms with Crippen LogP contribution in [0.2, 0.25) is 0 Å². The van der Waals surface area contributed by atoms with E-state index < -0.39 is 0 Å². The first-order chi connectivity index (χ1) is 17.5. The van der Waals surface area contributed by atoms with Crippen LogP contribution in [0.15, 0.2) is 30.3 Å². The summed E-state index contributed by atoms with van der Waals surface area (Å²) >= 11 is 5.37. The van der Waals surface area contributed by atoms with Crippen molar-refractivity contribution in [3.8, 4) is 0 Å². The predicted molar refractivity (Wildman–Crippen MR) is 143 cm³/mol. The van der Waals surface area contributed by atoms with Gasteiger partial charge in [-0.2, -0.15) is 10.2 Å². The Labute approximate surface area is 213 Å². The number of hydrogen-bond donors (Lipinski definition) is 3. The molecule has 1 aliphatic rings. The summed E-state index contributed by atoms with van der Waals surface area (Å²) in [6, 6.07) is 10.2. The molecule has 0 aliphatic carbocycles. The number of fused-ring (bicyclic) bond motifs is 1. The van der Waals surface area contributed by atoms with Crippen LogP contribution in [0.5, 0.6) is 0 Å². The minimum atomic E-state index is -0.112. The number of hydrogen-bond acceptors (Lipinski definition) is 11. The van der Waals surface area contributed by atoms with Crippen molar-refractivity contribution in [1.29, 1.82) is 0 Å². The second kappa shape index (κ2) is 10.2. The maximum atomic E-state index is 6.04. The fraction of sp³-hybridized carbons (Fsp3) is 0.292. The molecule has 184 valence electrons. The van der Waals surface area contributed by atoms with Crippen LogP contribution in [-0.4, -0.2) is 60.3 Å². The minimum Gasteiger partial charge on any atom is -0.483 e. The van der Waals surface area contributed by atoms with Crippen molar-refractivity contribution in [2.45, 2.75) is 26.3 Å². The van der Waals surface area contributed by atoms with E-state index >= 15 is 0 Å². The van der Waals surface area contributed by atoms with Crippen LogP contribution in [0.25, 0.3) is 23.1 Å². The van der Waals surface area contributed by atoms with E-state index in [0.29, 0.717) is 36.4 Å². The summed E-state index contributed by atoms with van der Waals surface area (Å²) in [7, 11) is 0. The lowest BCUT2D eigenvalue weighted by molar-refractivity contribution is 0.294. The number of nitrogen functional groups attached to an aromatic ring is 1. The number of ether oxygens (including phenoxy) is 1. The molecular formula is C24H26N10OS. The number of benzene rings is 1. The van der Waals surface area contributed by atoms with Crippen molar-refractivity contribution < 1.29 is 4.74 Å². The van der Waals surface area contributed by atoms with Crippen molar-refractivity contribution >= 4 is 57.9 Å². The molecule has 11 nitrogen and oxygen atoms in total. The van der Waals surface area contributed by atoms with Crippen molar-refractivity contribution in [2.75, 3.05) is 35.6 Å². The van der Waals surface area contributed by atoms with Gasteiger partial charge in [-0.1, -0.05) is 25.1 Å². The molecule has 4 heterocycles. The van der Waals surface area contributed by atoms with Gasteiger partial charge in [0.25, 0.3) is 0 Å². The molecule has 1 aliphatic heterocycles. The fourth-order valence-corrected chi connectivity index (χ4v) is 4.48. The second-order valence-corrected chi connectivity index (χ2v) is 8.83. The second-order valence-electron chi connectivity index (χ2n) is 8.37. The fourth-order valence-electron chi connectivity index (χ4n) is 4.24. The van der Waals surface area contributed by atoms with E-state index in [-0.39, 0.29) is 12.0 Å². The number of H-pyrrole nitrogens is 1. The van der Waals surface area contributed by atoms with Crippen molar-refractivity contribution in [1.82, 2.24) is 35.6 Å². The van der Waals surface area contributed by atoms with Gasteiger partial charge in [0.2, 0.25) is 5.95 Å². The van der Waals surface area contributed by atoms with Gasteiger partial charge in [-0.15, -0.1) is 10.2 Å². The predicted octanol–water partition coefficient (Wildman–Crippen LogP) is 3.33. The maximum Gasteiger partial charge on any atom is 0.222 e. The van der Waals surface area contributed by atoms with Crippen LogP contribution in [0, 0.1) is 6.92 Å². The number of aromatic nitrogens is 7. The van der Waals surface area contributed by atoms with Gasteiger partial charge in [0, 0.05) is 16.5 Å². The summed E-state index contributed by atoms with van der Waals surface area (Å²) < 4.78 is 5.53. The maximum absolute atomic E-state index is 6.04. The highest BCUT2D eigenvalue weighted by molar-refractivity contribution is 7.80. The molecule has 1 unspecified atom stereocenters. The Kier molecular flexibility index (Phi) is 6.67. The monoisotopic (exact) mass is 502 g/mol. The van der Waals surface area contributed by atoms with Crippen molar-refractivity contribution in [3.63, 3.8) is 0 Å². The third kappa shape index (κ3) is 4.93. The Bertz CT molecular complexity index is 1420. The number of morpholine rings is 1. The van der Waals surface area contributed by atoms with Crippen LogP contribution < -0.4 is 16.0 Å². The Hall–Kier alpha value is -4.19. The third-order valence-corrected chi connectivity index (χ3v) is 6.23. The van der Waals surface area contributed by atoms with Gasteiger partial charge in [0.15, 0.2) is 10.9 Å². The highest BCUT2D eigenvalue weighted by Crippen LogP contribution is 2.34. The average Bonchev–Trinajstić information content (AvgIpc) is 3.39. The summed E-state index contributed by atoms with van der Waals surface area (Å²) in [5.41, 5.74) is 9.53. The first kappa shape index (κ1) is 23.5. The number of anilines is 3. The molecular weight excluding hydrogens is 476 g/mol. The summed E-state index contributed by atoms with van der Waals surface area (Å²) in [6.45, 7) is 5.75. The highest BCUT2D eigenvalue weighted by atomic mass is 32.1. The zero-order chi connectivity index (χ0) is 25.1. The molecule has 0 amide bonds. The number of tetrazole rings is 1. The number of pyridine rings is 1. The van der Waals surface area contributed by atoms with Crippen LogP contribution in [-0.2, 0) is 4.74 Å². The summed E-state index contributed by atoms with van der Waals surface area (Å²) in [5.74, 6) is 2.13. The number of thiocarbonyl (C=S) groups is 1. The molecule has 5 rings (SSSR count). The molecule has 1 saturated heterocycles. The van der Waals surface area contributed by atoms with E-state index in [1.807, 2.05) is 31.2 Å². The van der Waals surface area contributed by atoms with Gasteiger partial charge in [0.05, 0.1) is 30.3 Å². The molecule has 1 aromatic carbocycles. The minimum absolute atomic E-state index is 0.112. The SMILES string of the molecule is CCC(Nc1nc(N)nc(C)c1/C=C/c1nn[nH]n1)c1cc2ccccc2nc1N1CCOC(=S)C1. The Morgan fingerprint density at radius 2 is 2.11 bits per heavy atom. The number of nitrogens with one attached hydrogen (secondary N) is 2. The number of para-hydroxylation sites is 1. The standard InChI is InChI=1S/C24H26N10OS/c1-3-18(27-22-16(14(2)26-24(25)29-22)8-9-20-30-32-33-31-20)17-12-15-6-4-5-7-19(15)28-23(17)34-10-11-35-21(36)13-34/h4-9,12,18H,3,10-11,13H2,1-2H3,(H3,25,26,27,29)(H,30,31,32,33)/b9-8+. The normalized spacial score (nSPS) is 14.8. The first-order valence-electron chi connectivity index (χ1n) is 11.6. The Balaban J connectivity index is 1.57. The molecule has 4 N–H and O–H groups in total. The van der Waals surface area contributed by atoms with Crippen LogP contribution >= 0.6 is 12.2 Å². The van der Waals surface area contributed by atoms with Crippen LogP contribution in [0.3, 0.4) is 0 Å². The smallest absolute Gasteiger partial charge is 0.222 e. The molecule has 0 bridgehead atoms. The number of aryl methyl sites for hydroxylation is 1. The first-order valence-corrected chi connectivity index (χ1v) is 12.0. The van der Waals surface area contributed by atoms with E-state index in [2.05, 4.69) is 59.9 Å². The lowest BCUT2D eigenvalue weighted by Crippen LogP contribution is -2.40. The summed E-state index contributed by atoms with van der Waals surface area (Å²) in [5, 5.41) is 19.2. The third-order valence-electron chi connectivity index (χ3n) is 5.98. The van der Waals surface area contributed by atoms with Crippen LogP contribution in [0.4, 0.5) is 17.6 Å². The number of aromatic amines is 1. The number of nitrogens with zero attached hydrogens (tertiary/aromatic N) is 7. The van der Waals surface area contributed by atoms with E-state index in [0.717, 1.165) is 40.0 Å². The lowest BCUT2D eigenvalue weighted by Gasteiger charge is -2.32. The van der Waals surface area contributed by atoms with Crippen molar-refractivity contribution in [2.24, 2.45) is 0 Å². The van der Waals surface area contributed by atoms with Gasteiger partial charge in [0.1, 0.15) is 18.2 Å². The van der Waals surface area contributed by atoms with Gasteiger partial charge in [-0.25, -0.2) is 9.97 Å². The lowest BCUT2D eigenvalue weighted by atomic mass is 10.0. The van der Waals surface area contributed by atoms with E-state index in [1.165, 1.54) is 0 Å². The molecule has 4 aromatic rings.